The van der Waals surface area contributed by atoms with Crippen LogP contribution in [-0.4, -0.2) is 54.1 Å². The lowest BCUT2D eigenvalue weighted by Gasteiger charge is -2.37. The number of hydrogen-bond acceptors (Lipinski definition) is 4. The maximum Gasteiger partial charge on any atom is 0.416 e. The molecule has 9 heteroatoms. The fourth-order valence-corrected chi connectivity index (χ4v) is 3.16. The van der Waals surface area contributed by atoms with Crippen molar-refractivity contribution in [1.82, 2.24) is 20.2 Å². The molecule has 1 aromatic heterocycles. The molecule has 1 aliphatic rings. The van der Waals surface area contributed by atoms with Crippen molar-refractivity contribution >= 4 is 11.6 Å². The van der Waals surface area contributed by atoms with Crippen molar-refractivity contribution in [2.24, 2.45) is 4.99 Å². The van der Waals surface area contributed by atoms with E-state index in [1.807, 2.05) is 17.9 Å². The highest BCUT2D eigenvalue weighted by Crippen LogP contribution is 2.31. The van der Waals surface area contributed by atoms with E-state index < -0.39 is 11.7 Å². The fraction of sp³-hybridized carbons (Fsp3) is 0.421. The van der Waals surface area contributed by atoms with Crippen molar-refractivity contribution in [3.8, 4) is 0 Å². The minimum Gasteiger partial charge on any atom is -0.368 e. The normalized spacial score (nSPS) is 15.7. The van der Waals surface area contributed by atoms with Crippen LogP contribution < -0.4 is 10.2 Å². The molecular weight excluding hydrogens is 369 g/mol. The van der Waals surface area contributed by atoms with E-state index in [0.29, 0.717) is 44.2 Å². The summed E-state index contributed by atoms with van der Waals surface area (Å²) in [7, 11) is 1.72. The minimum atomic E-state index is -4.33. The van der Waals surface area contributed by atoms with E-state index in [-0.39, 0.29) is 0 Å². The summed E-state index contributed by atoms with van der Waals surface area (Å²) in [5.74, 6) is 1.46. The number of aromatic nitrogens is 2. The molecule has 1 aromatic carbocycles. The summed E-state index contributed by atoms with van der Waals surface area (Å²) in [6, 6.07) is 7.32. The van der Waals surface area contributed by atoms with Gasteiger partial charge in [-0.25, -0.2) is 9.97 Å². The molecule has 150 valence electrons. The molecule has 0 aliphatic carbocycles. The smallest absolute Gasteiger partial charge is 0.368 e. The standard InChI is InChI=1S/C19H23F3N6/c1-14-24-7-6-16(26-14)13-25-18(23-2)28-10-8-27(9-11-28)17-5-3-4-15(12-17)19(20,21)22/h3-7,12H,8-11,13H2,1-2H3,(H,23,25). The monoisotopic (exact) mass is 392 g/mol. The van der Waals surface area contributed by atoms with E-state index in [1.165, 1.54) is 12.1 Å². The van der Waals surface area contributed by atoms with Gasteiger partial charge in [-0.05, 0) is 31.2 Å². The highest BCUT2D eigenvalue weighted by molar-refractivity contribution is 5.80. The molecule has 0 unspecified atom stereocenters. The predicted octanol–water partition coefficient (Wildman–Crippen LogP) is 2.70. The SMILES string of the molecule is CN=C(NCc1ccnc(C)n1)N1CCN(c2cccc(C(F)(F)F)c2)CC1. The van der Waals surface area contributed by atoms with Crippen LogP contribution in [0.3, 0.4) is 0 Å². The molecule has 0 spiro atoms. The number of nitrogens with one attached hydrogen (secondary N) is 1. The maximum atomic E-state index is 12.9. The van der Waals surface area contributed by atoms with Gasteiger partial charge in [-0.3, -0.25) is 4.99 Å². The van der Waals surface area contributed by atoms with E-state index in [9.17, 15) is 13.2 Å². The van der Waals surface area contributed by atoms with Crippen LogP contribution in [0.25, 0.3) is 0 Å². The van der Waals surface area contributed by atoms with Gasteiger partial charge in [-0.1, -0.05) is 6.07 Å². The number of piperazine rings is 1. The van der Waals surface area contributed by atoms with Gasteiger partial charge in [0.15, 0.2) is 5.96 Å². The lowest BCUT2D eigenvalue weighted by atomic mass is 10.1. The number of alkyl halides is 3. The highest BCUT2D eigenvalue weighted by atomic mass is 19.4. The first-order valence-corrected chi connectivity index (χ1v) is 9.03. The lowest BCUT2D eigenvalue weighted by molar-refractivity contribution is -0.137. The number of aryl methyl sites for hydroxylation is 1. The molecule has 1 aliphatic heterocycles. The lowest BCUT2D eigenvalue weighted by Crippen LogP contribution is -2.52. The summed E-state index contributed by atoms with van der Waals surface area (Å²) in [5, 5.41) is 3.28. The van der Waals surface area contributed by atoms with Crippen molar-refractivity contribution in [3.05, 3.63) is 53.6 Å². The molecule has 6 nitrogen and oxygen atoms in total. The topological polar surface area (TPSA) is 56.7 Å². The Morgan fingerprint density at radius 3 is 2.57 bits per heavy atom. The minimum absolute atomic E-state index is 0.532. The van der Waals surface area contributed by atoms with Gasteiger partial charge in [0.25, 0.3) is 0 Å². The van der Waals surface area contributed by atoms with Crippen molar-refractivity contribution in [2.75, 3.05) is 38.1 Å². The van der Waals surface area contributed by atoms with Gasteiger partial charge in [0.05, 0.1) is 17.8 Å². The Bertz CT molecular complexity index is 828. The fourth-order valence-electron chi connectivity index (χ4n) is 3.16. The first kappa shape index (κ1) is 19.9. The van der Waals surface area contributed by atoms with E-state index in [2.05, 4.69) is 25.2 Å². The molecule has 1 fully saturated rings. The number of rotatable bonds is 3. The molecule has 0 radical (unpaired) electrons. The zero-order chi connectivity index (χ0) is 20.1. The van der Waals surface area contributed by atoms with Crippen LogP contribution in [0, 0.1) is 6.92 Å². The third-order valence-electron chi connectivity index (χ3n) is 4.59. The van der Waals surface area contributed by atoms with Crippen molar-refractivity contribution in [2.45, 2.75) is 19.6 Å². The number of guanidine groups is 1. The van der Waals surface area contributed by atoms with Crippen LogP contribution in [-0.2, 0) is 12.7 Å². The maximum absolute atomic E-state index is 12.9. The molecule has 2 heterocycles. The number of hydrogen-bond donors (Lipinski definition) is 1. The molecule has 1 saturated heterocycles. The Hall–Kier alpha value is -2.84. The van der Waals surface area contributed by atoms with Crippen LogP contribution >= 0.6 is 0 Å². The summed E-state index contributed by atoms with van der Waals surface area (Å²) >= 11 is 0. The van der Waals surface area contributed by atoms with Crippen LogP contribution in [0.5, 0.6) is 0 Å². The van der Waals surface area contributed by atoms with Gasteiger partial charge in [0.1, 0.15) is 5.82 Å². The van der Waals surface area contributed by atoms with E-state index >= 15 is 0 Å². The number of aliphatic imine (C=N–C) groups is 1. The summed E-state index contributed by atoms with van der Waals surface area (Å²) in [6.07, 6.45) is -2.61. The molecule has 0 atom stereocenters. The Kier molecular flexibility index (Phi) is 6.01. The second-order valence-electron chi connectivity index (χ2n) is 6.52. The molecule has 0 bridgehead atoms. The van der Waals surface area contributed by atoms with Crippen LogP contribution in [0.2, 0.25) is 0 Å². The van der Waals surface area contributed by atoms with Crippen molar-refractivity contribution in [3.63, 3.8) is 0 Å². The predicted molar refractivity (Wildman–Crippen MR) is 102 cm³/mol. The third-order valence-corrected chi connectivity index (χ3v) is 4.59. The largest absolute Gasteiger partial charge is 0.416 e. The van der Waals surface area contributed by atoms with Crippen molar-refractivity contribution in [1.29, 1.82) is 0 Å². The van der Waals surface area contributed by atoms with Gasteiger partial charge < -0.3 is 15.1 Å². The molecule has 3 rings (SSSR count). The first-order valence-electron chi connectivity index (χ1n) is 9.03. The first-order chi connectivity index (χ1) is 13.4. The van der Waals surface area contributed by atoms with E-state index in [1.54, 1.807) is 19.3 Å². The highest BCUT2D eigenvalue weighted by Gasteiger charge is 2.31. The average molecular weight is 392 g/mol. The Morgan fingerprint density at radius 2 is 1.93 bits per heavy atom. The zero-order valence-corrected chi connectivity index (χ0v) is 15.9. The van der Waals surface area contributed by atoms with E-state index in [4.69, 9.17) is 0 Å². The molecule has 2 aromatic rings. The van der Waals surface area contributed by atoms with E-state index in [0.717, 1.165) is 17.7 Å². The number of anilines is 1. The summed E-state index contributed by atoms with van der Waals surface area (Å²) in [4.78, 5) is 16.8. The van der Waals surface area contributed by atoms with Gasteiger partial charge in [0, 0.05) is 45.1 Å². The Balaban J connectivity index is 1.58. The van der Waals surface area contributed by atoms with Crippen LogP contribution in [0.4, 0.5) is 18.9 Å². The Morgan fingerprint density at radius 1 is 1.18 bits per heavy atom. The van der Waals surface area contributed by atoms with Gasteiger partial charge in [-0.2, -0.15) is 13.2 Å². The van der Waals surface area contributed by atoms with Crippen molar-refractivity contribution < 1.29 is 13.2 Å². The molecule has 0 saturated carbocycles. The molecular formula is C19H23F3N6. The molecule has 1 N–H and O–H groups in total. The second-order valence-corrected chi connectivity index (χ2v) is 6.52. The summed E-state index contributed by atoms with van der Waals surface area (Å²) in [5.41, 5.74) is 0.843. The van der Waals surface area contributed by atoms with Crippen LogP contribution in [0.1, 0.15) is 17.1 Å². The number of benzene rings is 1. The Labute approximate surface area is 162 Å². The summed E-state index contributed by atoms with van der Waals surface area (Å²) in [6.45, 7) is 4.94. The van der Waals surface area contributed by atoms with Crippen LogP contribution in [0.15, 0.2) is 41.5 Å². The average Bonchev–Trinajstić information content (AvgIpc) is 2.68. The summed E-state index contributed by atoms with van der Waals surface area (Å²) < 4.78 is 38.8. The zero-order valence-electron chi connectivity index (χ0n) is 15.9. The number of nitrogens with zero attached hydrogens (tertiary/aromatic N) is 5. The quantitative estimate of drug-likeness (QED) is 0.643. The molecule has 0 amide bonds. The second kappa shape index (κ2) is 8.45. The third kappa shape index (κ3) is 4.90. The van der Waals surface area contributed by atoms with Gasteiger partial charge >= 0.3 is 6.18 Å². The molecule has 28 heavy (non-hydrogen) atoms. The number of halogens is 3. The van der Waals surface area contributed by atoms with Gasteiger partial charge in [0.2, 0.25) is 0 Å². The van der Waals surface area contributed by atoms with Gasteiger partial charge in [-0.15, -0.1) is 0 Å².